The highest BCUT2D eigenvalue weighted by Gasteiger charge is 1.98. The molecule has 1 aromatic rings. The smallest absolute Gasteiger partial charge is 0.116 e. The summed E-state index contributed by atoms with van der Waals surface area (Å²) in [5.41, 5.74) is 0. The maximum absolute atomic E-state index is 5.02. The van der Waals surface area contributed by atoms with Gasteiger partial charge in [-0.25, -0.2) is 0 Å². The fraction of sp³-hybridized carbons (Fsp3) is 0.333. The Morgan fingerprint density at radius 3 is 2.75 bits per heavy atom. The number of hydrogen-bond donors (Lipinski definition) is 1. The molecule has 0 aliphatic rings. The van der Waals surface area contributed by atoms with Crippen LogP contribution < -0.4 is 0 Å². The number of rotatable bonds is 1. The Kier molecular flexibility index (Phi) is 1.63. The standard InChI is InChI=1S/C6H8OS/c1-5(8)6-3-2-4-7-6/h2-5,8H,1H3. The highest BCUT2D eigenvalue weighted by molar-refractivity contribution is 7.80. The zero-order chi connectivity index (χ0) is 5.98. The summed E-state index contributed by atoms with van der Waals surface area (Å²) in [4.78, 5) is 0. The zero-order valence-electron chi connectivity index (χ0n) is 4.66. The number of hydrogen-bond acceptors (Lipinski definition) is 2. The van der Waals surface area contributed by atoms with E-state index in [1.807, 2.05) is 19.1 Å². The molecule has 1 nitrogen and oxygen atoms in total. The van der Waals surface area contributed by atoms with Crippen molar-refractivity contribution in [1.29, 1.82) is 0 Å². The molecule has 1 unspecified atom stereocenters. The largest absolute Gasteiger partial charge is 0.468 e. The second kappa shape index (κ2) is 2.27. The number of furan rings is 1. The average molecular weight is 128 g/mol. The van der Waals surface area contributed by atoms with Crippen LogP contribution in [-0.2, 0) is 0 Å². The van der Waals surface area contributed by atoms with Crippen LogP contribution in [0.15, 0.2) is 22.8 Å². The molecule has 0 saturated carbocycles. The Labute approximate surface area is 54.1 Å². The first-order valence-corrected chi connectivity index (χ1v) is 3.04. The van der Waals surface area contributed by atoms with Gasteiger partial charge in [-0.3, -0.25) is 0 Å². The Morgan fingerprint density at radius 1 is 1.75 bits per heavy atom. The molecule has 0 N–H and O–H groups in total. The van der Waals surface area contributed by atoms with Gasteiger partial charge in [-0.1, -0.05) is 0 Å². The topological polar surface area (TPSA) is 13.1 Å². The van der Waals surface area contributed by atoms with Crippen molar-refractivity contribution in [3.8, 4) is 0 Å². The van der Waals surface area contributed by atoms with E-state index in [0.29, 0.717) is 0 Å². The van der Waals surface area contributed by atoms with E-state index in [4.69, 9.17) is 4.42 Å². The van der Waals surface area contributed by atoms with Crippen LogP contribution in [0.5, 0.6) is 0 Å². The minimum atomic E-state index is 0.213. The van der Waals surface area contributed by atoms with Crippen molar-refractivity contribution >= 4 is 12.6 Å². The normalized spacial score (nSPS) is 13.8. The summed E-state index contributed by atoms with van der Waals surface area (Å²) < 4.78 is 5.02. The third-order valence-corrected chi connectivity index (χ3v) is 1.21. The lowest BCUT2D eigenvalue weighted by molar-refractivity contribution is 0.513. The van der Waals surface area contributed by atoms with Crippen molar-refractivity contribution in [1.82, 2.24) is 0 Å². The van der Waals surface area contributed by atoms with Crippen LogP contribution >= 0.6 is 12.6 Å². The summed E-state index contributed by atoms with van der Waals surface area (Å²) in [6.07, 6.45) is 1.65. The van der Waals surface area contributed by atoms with Crippen molar-refractivity contribution in [2.75, 3.05) is 0 Å². The summed E-state index contributed by atoms with van der Waals surface area (Å²) >= 11 is 4.16. The molecule has 1 aromatic heterocycles. The summed E-state index contributed by atoms with van der Waals surface area (Å²) in [6, 6.07) is 3.78. The molecule has 0 radical (unpaired) electrons. The zero-order valence-corrected chi connectivity index (χ0v) is 5.56. The van der Waals surface area contributed by atoms with Crippen molar-refractivity contribution in [3.05, 3.63) is 24.2 Å². The van der Waals surface area contributed by atoms with Gasteiger partial charge in [0.1, 0.15) is 5.76 Å². The first-order valence-electron chi connectivity index (χ1n) is 2.52. The first-order chi connectivity index (χ1) is 3.80. The SMILES string of the molecule is CC(S)c1ccco1. The molecule has 0 amide bonds. The maximum Gasteiger partial charge on any atom is 0.116 e. The Balaban J connectivity index is 2.77. The van der Waals surface area contributed by atoms with Crippen LogP contribution in [0.25, 0.3) is 0 Å². The van der Waals surface area contributed by atoms with E-state index >= 15 is 0 Å². The molecule has 0 spiro atoms. The quantitative estimate of drug-likeness (QED) is 0.572. The maximum atomic E-state index is 5.02. The minimum absolute atomic E-state index is 0.213. The van der Waals surface area contributed by atoms with Crippen LogP contribution in [0, 0.1) is 0 Å². The van der Waals surface area contributed by atoms with Gasteiger partial charge in [0.25, 0.3) is 0 Å². The van der Waals surface area contributed by atoms with E-state index in [-0.39, 0.29) is 5.25 Å². The van der Waals surface area contributed by atoms with Gasteiger partial charge in [-0.05, 0) is 19.1 Å². The van der Waals surface area contributed by atoms with Crippen molar-refractivity contribution in [2.45, 2.75) is 12.2 Å². The minimum Gasteiger partial charge on any atom is -0.468 e. The summed E-state index contributed by atoms with van der Waals surface area (Å²) in [5.74, 6) is 0.924. The third-order valence-electron chi connectivity index (χ3n) is 0.955. The fourth-order valence-electron chi connectivity index (χ4n) is 0.529. The van der Waals surface area contributed by atoms with E-state index in [2.05, 4.69) is 12.6 Å². The second-order valence-corrected chi connectivity index (χ2v) is 2.47. The second-order valence-electron chi connectivity index (χ2n) is 1.69. The van der Waals surface area contributed by atoms with Gasteiger partial charge < -0.3 is 4.42 Å². The first kappa shape index (κ1) is 5.76. The molecule has 1 atom stereocenters. The highest BCUT2D eigenvalue weighted by Crippen LogP contribution is 2.17. The van der Waals surface area contributed by atoms with E-state index in [0.717, 1.165) is 5.76 Å². The number of thiol groups is 1. The van der Waals surface area contributed by atoms with Crippen LogP contribution in [-0.4, -0.2) is 0 Å². The molecule has 2 heteroatoms. The van der Waals surface area contributed by atoms with Crippen molar-refractivity contribution < 1.29 is 4.42 Å². The molecule has 0 saturated heterocycles. The van der Waals surface area contributed by atoms with Gasteiger partial charge >= 0.3 is 0 Å². The Bertz CT molecular complexity index is 144. The van der Waals surface area contributed by atoms with Gasteiger partial charge in [0.05, 0.1) is 11.5 Å². The molecule has 1 heterocycles. The van der Waals surface area contributed by atoms with E-state index < -0.39 is 0 Å². The van der Waals surface area contributed by atoms with E-state index in [1.165, 1.54) is 0 Å². The van der Waals surface area contributed by atoms with Gasteiger partial charge in [0.2, 0.25) is 0 Å². The van der Waals surface area contributed by atoms with Gasteiger partial charge in [-0.2, -0.15) is 12.6 Å². The average Bonchev–Trinajstić information content (AvgIpc) is 2.12. The van der Waals surface area contributed by atoms with Gasteiger partial charge in [-0.15, -0.1) is 0 Å². The Morgan fingerprint density at radius 2 is 2.50 bits per heavy atom. The molecule has 0 aliphatic carbocycles. The summed E-state index contributed by atoms with van der Waals surface area (Å²) in [5, 5.41) is 0.213. The van der Waals surface area contributed by atoms with Crippen LogP contribution in [0.2, 0.25) is 0 Å². The molecule has 8 heavy (non-hydrogen) atoms. The molecule has 44 valence electrons. The highest BCUT2D eigenvalue weighted by atomic mass is 32.1. The molecule has 0 fully saturated rings. The fourth-order valence-corrected chi connectivity index (χ4v) is 0.676. The Hall–Kier alpha value is -0.370. The lowest BCUT2D eigenvalue weighted by Gasteiger charge is -1.94. The summed E-state index contributed by atoms with van der Waals surface area (Å²) in [6.45, 7) is 1.97. The lowest BCUT2D eigenvalue weighted by atomic mass is 10.4. The molecule has 0 aromatic carbocycles. The summed E-state index contributed by atoms with van der Waals surface area (Å²) in [7, 11) is 0. The van der Waals surface area contributed by atoms with Gasteiger partial charge in [0.15, 0.2) is 0 Å². The van der Waals surface area contributed by atoms with Gasteiger partial charge in [0, 0.05) is 0 Å². The molecule has 0 aliphatic heterocycles. The van der Waals surface area contributed by atoms with E-state index in [9.17, 15) is 0 Å². The van der Waals surface area contributed by atoms with Crippen molar-refractivity contribution in [2.24, 2.45) is 0 Å². The predicted octanol–water partition coefficient (Wildman–Crippen LogP) is 2.27. The van der Waals surface area contributed by atoms with Crippen LogP contribution in [0.3, 0.4) is 0 Å². The molecule has 1 rings (SSSR count). The van der Waals surface area contributed by atoms with Crippen molar-refractivity contribution in [3.63, 3.8) is 0 Å². The molecule has 0 bridgehead atoms. The van der Waals surface area contributed by atoms with Crippen LogP contribution in [0.4, 0.5) is 0 Å². The third kappa shape index (κ3) is 1.07. The predicted molar refractivity (Wildman–Crippen MR) is 36.1 cm³/mol. The van der Waals surface area contributed by atoms with Crippen LogP contribution in [0.1, 0.15) is 17.9 Å². The lowest BCUT2D eigenvalue weighted by Crippen LogP contribution is -1.75. The molecular formula is C6H8OS. The van der Waals surface area contributed by atoms with E-state index in [1.54, 1.807) is 6.26 Å². The monoisotopic (exact) mass is 128 g/mol. The molecular weight excluding hydrogens is 120 g/mol.